The molecule has 1 saturated heterocycles. The van der Waals surface area contributed by atoms with Gasteiger partial charge in [0.1, 0.15) is 6.17 Å². The van der Waals surface area contributed by atoms with Gasteiger partial charge in [-0.2, -0.15) is 0 Å². The van der Waals surface area contributed by atoms with Crippen LogP contribution in [0.4, 0.5) is 14.0 Å². The first-order valence-electron chi connectivity index (χ1n) is 4.00. The van der Waals surface area contributed by atoms with Crippen molar-refractivity contribution in [3.8, 4) is 0 Å². The van der Waals surface area contributed by atoms with Crippen molar-refractivity contribution in [2.45, 2.75) is 19.0 Å². The fraction of sp³-hybridized carbons (Fsp3) is 0.714. The smallest absolute Gasteiger partial charge is 0.359 e. The zero-order valence-corrected chi connectivity index (χ0v) is 7.03. The van der Waals surface area contributed by atoms with Crippen molar-refractivity contribution < 1.29 is 18.7 Å². The molecule has 0 bridgehead atoms. The Morgan fingerprint density at radius 2 is 1.92 bits per heavy atom. The number of likely N-dealkylation sites (tertiary alicyclic amines) is 1. The Kier molecular flexibility index (Phi) is 3.05. The summed E-state index contributed by atoms with van der Waals surface area (Å²) in [7, 11) is 0. The Balaban J connectivity index is 2.36. The molecule has 0 aliphatic carbocycles. The van der Waals surface area contributed by atoms with Crippen LogP contribution in [0.5, 0.6) is 0 Å². The molecule has 2 amide bonds. The van der Waals surface area contributed by atoms with E-state index in [9.17, 15) is 14.0 Å². The number of hydrogen-bond acceptors (Lipinski definition) is 3. The fourth-order valence-electron chi connectivity index (χ4n) is 1.18. The number of primary amides is 1. The van der Waals surface area contributed by atoms with Gasteiger partial charge in [-0.1, -0.05) is 0 Å². The summed E-state index contributed by atoms with van der Waals surface area (Å²) in [6.07, 6.45) is -2.22. The van der Waals surface area contributed by atoms with E-state index in [0.717, 1.165) is 0 Å². The van der Waals surface area contributed by atoms with Crippen LogP contribution < -0.4 is 5.73 Å². The average Bonchev–Trinajstić information content (AvgIpc) is 2.04. The van der Waals surface area contributed by atoms with Crippen LogP contribution in [0.3, 0.4) is 0 Å². The van der Waals surface area contributed by atoms with Gasteiger partial charge in [0.15, 0.2) is 0 Å². The number of alkyl halides is 1. The lowest BCUT2D eigenvalue weighted by molar-refractivity contribution is 0.101. The Labute approximate surface area is 74.6 Å². The summed E-state index contributed by atoms with van der Waals surface area (Å²) in [5.41, 5.74) is 4.64. The molecule has 2 N–H and O–H groups in total. The normalized spacial score (nSPS) is 18.4. The van der Waals surface area contributed by atoms with Crippen molar-refractivity contribution in [3.63, 3.8) is 0 Å². The van der Waals surface area contributed by atoms with Crippen molar-refractivity contribution in [3.05, 3.63) is 0 Å². The minimum absolute atomic E-state index is 0.271. The molecule has 13 heavy (non-hydrogen) atoms. The predicted molar refractivity (Wildman–Crippen MR) is 41.8 cm³/mol. The second-order valence-electron chi connectivity index (χ2n) is 2.85. The molecule has 0 aromatic heterocycles. The zero-order valence-electron chi connectivity index (χ0n) is 7.03. The van der Waals surface area contributed by atoms with E-state index in [-0.39, 0.29) is 25.9 Å². The number of halogens is 1. The van der Waals surface area contributed by atoms with E-state index < -0.39 is 18.4 Å². The SMILES string of the molecule is NC(=O)OC(=O)N1CCC(F)CC1. The minimum Gasteiger partial charge on any atom is -0.359 e. The lowest BCUT2D eigenvalue weighted by atomic mass is 10.1. The van der Waals surface area contributed by atoms with Crippen LogP contribution in [0.15, 0.2) is 0 Å². The van der Waals surface area contributed by atoms with E-state index in [0.29, 0.717) is 0 Å². The largest absolute Gasteiger partial charge is 0.418 e. The minimum atomic E-state index is -1.13. The molecule has 0 atom stereocenters. The predicted octanol–water partition coefficient (Wildman–Crippen LogP) is 0.636. The number of rotatable bonds is 0. The van der Waals surface area contributed by atoms with E-state index in [1.165, 1.54) is 4.90 Å². The summed E-state index contributed by atoms with van der Waals surface area (Å²) in [5.74, 6) is 0. The lowest BCUT2D eigenvalue weighted by Crippen LogP contribution is -2.40. The molecule has 0 radical (unpaired) electrons. The van der Waals surface area contributed by atoms with Crippen LogP contribution in [-0.4, -0.2) is 36.3 Å². The average molecular weight is 190 g/mol. The molecule has 0 unspecified atom stereocenters. The number of carbonyl (C=O) groups is 2. The second kappa shape index (κ2) is 4.06. The number of nitrogens with zero attached hydrogens (tertiary/aromatic N) is 1. The monoisotopic (exact) mass is 190 g/mol. The number of nitrogens with two attached hydrogens (primary N) is 1. The van der Waals surface area contributed by atoms with Gasteiger partial charge in [-0.3, -0.25) is 0 Å². The van der Waals surface area contributed by atoms with Gasteiger partial charge in [-0.05, 0) is 12.8 Å². The molecule has 0 spiro atoms. The summed E-state index contributed by atoms with van der Waals surface area (Å²) in [6.45, 7) is 0.542. The molecule has 1 aliphatic heterocycles. The summed E-state index contributed by atoms with van der Waals surface area (Å²) < 4.78 is 16.7. The third kappa shape index (κ3) is 2.89. The number of piperidine rings is 1. The highest BCUT2D eigenvalue weighted by Gasteiger charge is 2.24. The van der Waals surface area contributed by atoms with Crippen LogP contribution in [0.25, 0.3) is 0 Å². The van der Waals surface area contributed by atoms with E-state index in [2.05, 4.69) is 10.5 Å². The quantitative estimate of drug-likeness (QED) is 0.569. The van der Waals surface area contributed by atoms with E-state index in [1.54, 1.807) is 0 Å². The summed E-state index contributed by atoms with van der Waals surface area (Å²) in [4.78, 5) is 22.5. The maximum Gasteiger partial charge on any atom is 0.418 e. The van der Waals surface area contributed by atoms with Gasteiger partial charge in [0.2, 0.25) is 0 Å². The molecule has 1 fully saturated rings. The second-order valence-corrected chi connectivity index (χ2v) is 2.85. The molecule has 5 nitrogen and oxygen atoms in total. The van der Waals surface area contributed by atoms with E-state index in [4.69, 9.17) is 0 Å². The summed E-state index contributed by atoms with van der Waals surface area (Å²) in [5, 5.41) is 0. The maximum absolute atomic E-state index is 12.6. The number of amides is 2. The van der Waals surface area contributed by atoms with Gasteiger partial charge < -0.3 is 15.4 Å². The van der Waals surface area contributed by atoms with E-state index in [1.807, 2.05) is 0 Å². The Morgan fingerprint density at radius 1 is 1.38 bits per heavy atom. The van der Waals surface area contributed by atoms with Crippen molar-refractivity contribution >= 4 is 12.2 Å². The molecule has 0 aromatic carbocycles. The third-order valence-electron chi connectivity index (χ3n) is 1.87. The Morgan fingerprint density at radius 3 is 2.38 bits per heavy atom. The summed E-state index contributed by atoms with van der Waals surface area (Å²) in [6, 6.07) is 0. The summed E-state index contributed by atoms with van der Waals surface area (Å²) >= 11 is 0. The first-order valence-corrected chi connectivity index (χ1v) is 4.00. The van der Waals surface area contributed by atoms with Crippen LogP contribution in [0.2, 0.25) is 0 Å². The number of ether oxygens (including phenoxy) is 1. The third-order valence-corrected chi connectivity index (χ3v) is 1.87. The van der Waals surface area contributed by atoms with Crippen LogP contribution in [-0.2, 0) is 4.74 Å². The molecule has 0 saturated carbocycles. The molecule has 1 heterocycles. The highest BCUT2D eigenvalue weighted by atomic mass is 19.1. The molecule has 1 aliphatic rings. The zero-order chi connectivity index (χ0) is 9.84. The van der Waals surface area contributed by atoms with Crippen molar-refractivity contribution in [2.75, 3.05) is 13.1 Å². The molecule has 74 valence electrons. The number of hydrogen-bond donors (Lipinski definition) is 1. The molecule has 6 heteroatoms. The van der Waals surface area contributed by atoms with Gasteiger partial charge in [-0.25, -0.2) is 14.0 Å². The first-order chi connectivity index (χ1) is 6.09. The van der Waals surface area contributed by atoms with Gasteiger partial charge in [-0.15, -0.1) is 0 Å². The van der Waals surface area contributed by atoms with Crippen molar-refractivity contribution in [1.29, 1.82) is 0 Å². The fourth-order valence-corrected chi connectivity index (χ4v) is 1.18. The highest BCUT2D eigenvalue weighted by molar-refractivity contribution is 5.82. The van der Waals surface area contributed by atoms with Gasteiger partial charge in [0, 0.05) is 13.1 Å². The molecule has 1 rings (SSSR count). The lowest BCUT2D eigenvalue weighted by Gasteiger charge is -2.26. The molecule has 0 aromatic rings. The maximum atomic E-state index is 12.6. The van der Waals surface area contributed by atoms with E-state index >= 15 is 0 Å². The first kappa shape index (κ1) is 9.76. The Hall–Kier alpha value is -1.33. The van der Waals surface area contributed by atoms with Crippen LogP contribution >= 0.6 is 0 Å². The van der Waals surface area contributed by atoms with Crippen LogP contribution in [0, 0.1) is 0 Å². The van der Waals surface area contributed by atoms with Gasteiger partial charge in [0.05, 0.1) is 0 Å². The molecular formula is C7H11FN2O3. The highest BCUT2D eigenvalue weighted by Crippen LogP contribution is 2.13. The van der Waals surface area contributed by atoms with Crippen molar-refractivity contribution in [2.24, 2.45) is 5.73 Å². The standard InChI is InChI=1S/C7H11FN2O3/c8-5-1-3-10(4-2-5)7(12)13-6(9)11/h5H,1-4H2,(H2,9,11). The van der Waals surface area contributed by atoms with Crippen LogP contribution in [0.1, 0.15) is 12.8 Å². The molecular weight excluding hydrogens is 179 g/mol. The Bertz CT molecular complexity index is 214. The number of carbonyl (C=O) groups excluding carboxylic acids is 2. The van der Waals surface area contributed by atoms with Gasteiger partial charge >= 0.3 is 12.2 Å². The van der Waals surface area contributed by atoms with Gasteiger partial charge in [0.25, 0.3) is 0 Å². The topological polar surface area (TPSA) is 72.6 Å². The van der Waals surface area contributed by atoms with Crippen molar-refractivity contribution in [1.82, 2.24) is 4.90 Å².